The van der Waals surface area contributed by atoms with Crippen LogP contribution in [0.25, 0.3) is 0 Å². The van der Waals surface area contributed by atoms with Gasteiger partial charge in [0.1, 0.15) is 11.6 Å². The molecule has 26 heavy (non-hydrogen) atoms. The Balaban J connectivity index is 1.55. The quantitative estimate of drug-likeness (QED) is 0.798. The van der Waals surface area contributed by atoms with Gasteiger partial charge in [-0.25, -0.2) is 9.78 Å². The Morgan fingerprint density at radius 1 is 1.31 bits per heavy atom. The number of esters is 1. The topological polar surface area (TPSA) is 107 Å². The van der Waals surface area contributed by atoms with Gasteiger partial charge in [-0.15, -0.1) is 0 Å². The molecule has 9 heteroatoms. The Kier molecular flexibility index (Phi) is 5.47. The zero-order valence-corrected chi connectivity index (χ0v) is 14.6. The first-order valence-corrected chi connectivity index (χ1v) is 8.27. The molecule has 0 saturated carbocycles. The molecule has 2 aromatic heterocycles. The fraction of sp³-hybridized carbons (Fsp3) is 0.412. The molecule has 0 aliphatic carbocycles. The molecule has 1 atom stereocenters. The molecule has 9 nitrogen and oxygen atoms in total. The van der Waals surface area contributed by atoms with E-state index in [1.54, 1.807) is 25.1 Å². The highest BCUT2D eigenvalue weighted by Gasteiger charge is 2.21. The second-order valence-electron chi connectivity index (χ2n) is 5.86. The average Bonchev–Trinajstić information content (AvgIpc) is 3.07. The van der Waals surface area contributed by atoms with Gasteiger partial charge in [-0.1, -0.05) is 5.16 Å². The van der Waals surface area contributed by atoms with E-state index in [0.717, 1.165) is 18.9 Å². The van der Waals surface area contributed by atoms with Crippen LogP contribution >= 0.6 is 0 Å². The van der Waals surface area contributed by atoms with Crippen molar-refractivity contribution in [3.63, 3.8) is 0 Å². The van der Waals surface area contributed by atoms with Gasteiger partial charge >= 0.3 is 5.97 Å². The minimum atomic E-state index is -0.988. The van der Waals surface area contributed by atoms with E-state index in [1.807, 2.05) is 0 Å². The Bertz CT molecular complexity index is 768. The summed E-state index contributed by atoms with van der Waals surface area (Å²) < 4.78 is 15.3. The van der Waals surface area contributed by atoms with Crippen molar-refractivity contribution in [1.29, 1.82) is 0 Å². The molecule has 0 spiro atoms. The molecular formula is C17H20N4O5. The van der Waals surface area contributed by atoms with Gasteiger partial charge in [-0.05, 0) is 26.0 Å². The van der Waals surface area contributed by atoms with Gasteiger partial charge in [0.05, 0.1) is 18.8 Å². The molecule has 1 N–H and O–H groups in total. The van der Waals surface area contributed by atoms with Crippen LogP contribution in [0.15, 0.2) is 28.9 Å². The Morgan fingerprint density at radius 2 is 2.08 bits per heavy atom. The molecule has 1 saturated heterocycles. The molecule has 1 unspecified atom stereocenters. The fourth-order valence-electron chi connectivity index (χ4n) is 2.42. The fourth-order valence-corrected chi connectivity index (χ4v) is 2.42. The summed E-state index contributed by atoms with van der Waals surface area (Å²) in [7, 11) is 0. The Hall–Kier alpha value is -2.94. The minimum Gasteiger partial charge on any atom is -0.449 e. The highest BCUT2D eigenvalue weighted by molar-refractivity contribution is 5.96. The van der Waals surface area contributed by atoms with Crippen molar-refractivity contribution in [2.45, 2.75) is 20.0 Å². The van der Waals surface area contributed by atoms with Crippen LogP contribution in [0.2, 0.25) is 0 Å². The third-order valence-electron chi connectivity index (χ3n) is 3.85. The summed E-state index contributed by atoms with van der Waals surface area (Å²) in [5.74, 6) is 0.495. The van der Waals surface area contributed by atoms with E-state index < -0.39 is 18.0 Å². The van der Waals surface area contributed by atoms with Crippen molar-refractivity contribution in [3.05, 3.63) is 35.7 Å². The van der Waals surface area contributed by atoms with Gasteiger partial charge in [0, 0.05) is 25.4 Å². The lowest BCUT2D eigenvalue weighted by molar-refractivity contribution is -0.123. The second kappa shape index (κ2) is 7.96. The molecule has 0 aromatic carbocycles. The third-order valence-corrected chi connectivity index (χ3v) is 3.85. The number of ether oxygens (including phenoxy) is 2. The molecule has 0 radical (unpaired) electrons. The molecule has 1 aliphatic heterocycles. The van der Waals surface area contributed by atoms with Crippen LogP contribution in [0.5, 0.6) is 0 Å². The monoisotopic (exact) mass is 360 g/mol. The summed E-state index contributed by atoms with van der Waals surface area (Å²) in [6.07, 6.45) is 0.456. The van der Waals surface area contributed by atoms with E-state index in [1.165, 1.54) is 13.1 Å². The van der Waals surface area contributed by atoms with E-state index in [2.05, 4.69) is 20.4 Å². The van der Waals surface area contributed by atoms with Gasteiger partial charge in [0.2, 0.25) is 0 Å². The number of carbonyl (C=O) groups is 2. The number of hydrogen-bond acceptors (Lipinski definition) is 8. The molecular weight excluding hydrogens is 340 g/mol. The number of amides is 1. The first kappa shape index (κ1) is 17.9. The lowest BCUT2D eigenvalue weighted by Crippen LogP contribution is -2.36. The van der Waals surface area contributed by atoms with Gasteiger partial charge in [0.15, 0.2) is 11.9 Å². The summed E-state index contributed by atoms with van der Waals surface area (Å²) in [5, 5.41) is 6.17. The number of hydrogen-bond donors (Lipinski definition) is 1. The number of aromatic nitrogens is 2. The zero-order chi connectivity index (χ0) is 18.5. The molecule has 3 heterocycles. The number of anilines is 2. The van der Waals surface area contributed by atoms with E-state index in [-0.39, 0.29) is 11.4 Å². The Labute approximate surface area is 150 Å². The number of carbonyl (C=O) groups excluding carboxylic acids is 2. The number of nitrogens with zero attached hydrogens (tertiary/aromatic N) is 3. The molecule has 2 aromatic rings. The van der Waals surface area contributed by atoms with Crippen LogP contribution in [0.4, 0.5) is 11.6 Å². The average molecular weight is 360 g/mol. The van der Waals surface area contributed by atoms with Crippen molar-refractivity contribution in [2.75, 3.05) is 36.5 Å². The lowest BCUT2D eigenvalue weighted by atomic mass is 10.2. The Morgan fingerprint density at radius 3 is 2.69 bits per heavy atom. The molecule has 1 fully saturated rings. The predicted molar refractivity (Wildman–Crippen MR) is 92.0 cm³/mol. The van der Waals surface area contributed by atoms with Crippen molar-refractivity contribution >= 4 is 23.5 Å². The normalized spacial score (nSPS) is 15.4. The summed E-state index contributed by atoms with van der Waals surface area (Å²) >= 11 is 0. The van der Waals surface area contributed by atoms with E-state index in [9.17, 15) is 9.59 Å². The second-order valence-corrected chi connectivity index (χ2v) is 5.86. The summed E-state index contributed by atoms with van der Waals surface area (Å²) in [5.41, 5.74) is 0.277. The van der Waals surface area contributed by atoms with Gasteiger partial charge in [-0.2, -0.15) is 0 Å². The number of nitrogens with one attached hydrogen (secondary N) is 1. The minimum absolute atomic E-state index is 0.270. The van der Waals surface area contributed by atoms with Crippen molar-refractivity contribution in [2.24, 2.45) is 0 Å². The molecule has 0 bridgehead atoms. The number of morpholine rings is 1. The molecule has 3 rings (SSSR count). The van der Waals surface area contributed by atoms with Crippen molar-refractivity contribution in [1.82, 2.24) is 10.1 Å². The van der Waals surface area contributed by atoms with Crippen LogP contribution < -0.4 is 10.2 Å². The zero-order valence-electron chi connectivity index (χ0n) is 14.6. The highest BCUT2D eigenvalue weighted by atomic mass is 16.5. The van der Waals surface area contributed by atoms with Gasteiger partial charge < -0.3 is 24.2 Å². The summed E-state index contributed by atoms with van der Waals surface area (Å²) in [6.45, 7) is 6.02. The van der Waals surface area contributed by atoms with Crippen molar-refractivity contribution in [3.8, 4) is 0 Å². The first-order valence-electron chi connectivity index (χ1n) is 8.27. The summed E-state index contributed by atoms with van der Waals surface area (Å²) in [4.78, 5) is 30.6. The lowest BCUT2D eigenvalue weighted by Gasteiger charge is -2.27. The van der Waals surface area contributed by atoms with Crippen LogP contribution in [0.3, 0.4) is 0 Å². The van der Waals surface area contributed by atoms with Gasteiger partial charge in [-0.3, -0.25) is 4.79 Å². The summed E-state index contributed by atoms with van der Waals surface area (Å²) in [6, 6.07) is 4.96. The first-order chi connectivity index (χ1) is 12.5. The molecule has 1 amide bonds. The number of rotatable bonds is 5. The third kappa shape index (κ3) is 4.37. The van der Waals surface area contributed by atoms with Crippen LogP contribution in [0, 0.1) is 6.92 Å². The predicted octanol–water partition coefficient (Wildman–Crippen LogP) is 1.40. The molecule has 1 aliphatic rings. The maximum absolute atomic E-state index is 12.2. The van der Waals surface area contributed by atoms with Crippen LogP contribution in [-0.2, 0) is 14.3 Å². The number of pyridine rings is 1. The standard InChI is InChI=1S/C17H20N4O5/c1-11-9-14(20-26-11)19-16(22)12(2)25-17(23)13-3-4-15(18-10-13)21-5-7-24-8-6-21/h3-4,9-10,12H,5-8H2,1-2H3,(H,19,20,22). The van der Waals surface area contributed by atoms with Gasteiger partial charge in [0.25, 0.3) is 5.91 Å². The molecule has 138 valence electrons. The van der Waals surface area contributed by atoms with E-state index >= 15 is 0 Å². The van der Waals surface area contributed by atoms with Crippen LogP contribution in [0.1, 0.15) is 23.0 Å². The largest absolute Gasteiger partial charge is 0.449 e. The van der Waals surface area contributed by atoms with E-state index in [0.29, 0.717) is 19.0 Å². The SMILES string of the molecule is Cc1cc(NC(=O)C(C)OC(=O)c2ccc(N3CCOCC3)nc2)no1. The maximum atomic E-state index is 12.2. The van der Waals surface area contributed by atoms with E-state index in [4.69, 9.17) is 14.0 Å². The highest BCUT2D eigenvalue weighted by Crippen LogP contribution is 2.14. The van der Waals surface area contributed by atoms with Crippen molar-refractivity contribution < 1.29 is 23.6 Å². The number of aryl methyl sites for hydroxylation is 1. The maximum Gasteiger partial charge on any atom is 0.340 e. The van der Waals surface area contributed by atoms with Crippen LogP contribution in [-0.4, -0.2) is 54.4 Å². The smallest absolute Gasteiger partial charge is 0.340 e.